The van der Waals surface area contributed by atoms with Crippen LogP contribution in [0.5, 0.6) is 0 Å². The Hall–Kier alpha value is -1.91. The van der Waals surface area contributed by atoms with Crippen molar-refractivity contribution in [3.05, 3.63) is 63.9 Å². The number of anilines is 1. The van der Waals surface area contributed by atoms with Gasteiger partial charge in [-0.15, -0.1) is 0 Å². The van der Waals surface area contributed by atoms with E-state index >= 15 is 0 Å². The van der Waals surface area contributed by atoms with Crippen molar-refractivity contribution in [3.8, 4) is 0 Å². The van der Waals surface area contributed by atoms with Gasteiger partial charge in [0.2, 0.25) is 5.91 Å². The second kappa shape index (κ2) is 8.22. The number of carbonyl (C=O) groups is 1. The molecule has 4 rings (SSSR count). The molecular formula is C23H26ClFN2O. The molecule has 0 aromatic heterocycles. The average Bonchev–Trinajstić information content (AvgIpc) is 3.04. The largest absolute Gasteiger partial charge is 0.325 e. The van der Waals surface area contributed by atoms with Gasteiger partial charge in [0.15, 0.2) is 0 Å². The highest BCUT2D eigenvalue weighted by Crippen LogP contribution is 2.39. The second-order valence-corrected chi connectivity index (χ2v) is 8.48. The van der Waals surface area contributed by atoms with E-state index in [0.29, 0.717) is 16.9 Å². The third-order valence-corrected chi connectivity index (χ3v) is 6.46. The Balaban J connectivity index is 1.39. The van der Waals surface area contributed by atoms with Crippen molar-refractivity contribution in [2.75, 3.05) is 25.0 Å². The van der Waals surface area contributed by atoms with Gasteiger partial charge in [-0.25, -0.2) is 4.39 Å². The van der Waals surface area contributed by atoms with Crippen LogP contribution in [0.1, 0.15) is 54.7 Å². The molecule has 0 saturated carbocycles. The van der Waals surface area contributed by atoms with Crippen molar-refractivity contribution < 1.29 is 9.18 Å². The number of hydrogen-bond donors (Lipinski definition) is 1. The van der Waals surface area contributed by atoms with Gasteiger partial charge in [0.05, 0.1) is 10.7 Å². The van der Waals surface area contributed by atoms with E-state index < -0.39 is 0 Å². The quantitative estimate of drug-likeness (QED) is 0.750. The van der Waals surface area contributed by atoms with Gasteiger partial charge < -0.3 is 10.2 Å². The first kappa shape index (κ1) is 19.4. The minimum absolute atomic E-state index is 0.0979. The molecule has 2 aromatic rings. The molecule has 1 aliphatic carbocycles. The van der Waals surface area contributed by atoms with Gasteiger partial charge >= 0.3 is 0 Å². The van der Waals surface area contributed by atoms with E-state index in [0.717, 1.165) is 51.0 Å². The molecular weight excluding hydrogens is 375 g/mol. The molecule has 1 saturated heterocycles. The summed E-state index contributed by atoms with van der Waals surface area (Å²) in [7, 11) is 0. The summed E-state index contributed by atoms with van der Waals surface area (Å²) in [6.45, 7) is 4.69. The summed E-state index contributed by atoms with van der Waals surface area (Å²) in [5, 5.41) is 3.46. The fourth-order valence-corrected chi connectivity index (χ4v) is 4.92. The zero-order chi connectivity index (χ0) is 19.7. The van der Waals surface area contributed by atoms with Crippen molar-refractivity contribution >= 4 is 23.2 Å². The van der Waals surface area contributed by atoms with Gasteiger partial charge in [-0.05, 0) is 91.6 Å². The number of rotatable bonds is 4. The van der Waals surface area contributed by atoms with E-state index in [-0.39, 0.29) is 11.7 Å². The van der Waals surface area contributed by atoms with Crippen LogP contribution in [0.15, 0.2) is 36.4 Å². The molecule has 0 bridgehead atoms. The number of aryl methyl sites for hydroxylation is 1. The van der Waals surface area contributed by atoms with Gasteiger partial charge in [-0.3, -0.25) is 4.79 Å². The van der Waals surface area contributed by atoms with E-state index in [1.807, 2.05) is 18.2 Å². The zero-order valence-electron chi connectivity index (χ0n) is 16.2. The number of carbonyl (C=O) groups excluding carboxylic acids is 1. The third kappa shape index (κ3) is 4.23. The Labute approximate surface area is 170 Å². The SMILES string of the molecule is CC(=O)Nc1cc2c(cc1Cl)CCC2CN1CCC(c2ccc(F)cc2)CC1. The number of piperidine rings is 1. The molecule has 1 fully saturated rings. The second-order valence-electron chi connectivity index (χ2n) is 8.07. The Morgan fingerprint density at radius 2 is 1.89 bits per heavy atom. The first-order valence-electron chi connectivity index (χ1n) is 10.1. The van der Waals surface area contributed by atoms with Crippen molar-refractivity contribution in [2.24, 2.45) is 0 Å². The number of likely N-dealkylation sites (tertiary alicyclic amines) is 1. The Kier molecular flexibility index (Phi) is 5.70. The lowest BCUT2D eigenvalue weighted by molar-refractivity contribution is -0.114. The Morgan fingerprint density at radius 1 is 1.18 bits per heavy atom. The molecule has 1 amide bonds. The number of nitrogens with one attached hydrogen (secondary N) is 1. The first-order chi connectivity index (χ1) is 13.5. The number of benzene rings is 2. The lowest BCUT2D eigenvalue weighted by Gasteiger charge is -2.34. The summed E-state index contributed by atoms with van der Waals surface area (Å²) in [6.07, 6.45) is 4.41. The van der Waals surface area contributed by atoms with Crippen LogP contribution in [0, 0.1) is 5.82 Å². The molecule has 0 radical (unpaired) electrons. The van der Waals surface area contributed by atoms with Crippen molar-refractivity contribution in [1.82, 2.24) is 4.90 Å². The maximum atomic E-state index is 13.1. The molecule has 5 heteroatoms. The summed E-state index contributed by atoms with van der Waals surface area (Å²) >= 11 is 6.33. The molecule has 1 atom stereocenters. The van der Waals surface area contributed by atoms with Crippen molar-refractivity contribution in [3.63, 3.8) is 0 Å². The summed E-state index contributed by atoms with van der Waals surface area (Å²) in [5.41, 5.74) is 4.61. The van der Waals surface area contributed by atoms with Crippen molar-refractivity contribution in [2.45, 2.75) is 44.4 Å². The lowest BCUT2D eigenvalue weighted by atomic mass is 9.89. The monoisotopic (exact) mass is 400 g/mol. The number of fused-ring (bicyclic) bond motifs is 1. The van der Waals surface area contributed by atoms with Crippen LogP contribution < -0.4 is 5.32 Å². The molecule has 1 heterocycles. The van der Waals surface area contributed by atoms with E-state index in [1.165, 1.54) is 23.6 Å². The van der Waals surface area contributed by atoms with E-state index in [9.17, 15) is 9.18 Å². The first-order valence-corrected chi connectivity index (χ1v) is 10.4. The molecule has 1 N–H and O–H groups in total. The minimum atomic E-state index is -0.167. The summed E-state index contributed by atoms with van der Waals surface area (Å²) in [5.74, 6) is 0.749. The maximum absolute atomic E-state index is 13.1. The third-order valence-electron chi connectivity index (χ3n) is 6.15. The zero-order valence-corrected chi connectivity index (χ0v) is 16.9. The van der Waals surface area contributed by atoms with Gasteiger partial charge in [-0.2, -0.15) is 0 Å². The minimum Gasteiger partial charge on any atom is -0.325 e. The van der Waals surface area contributed by atoms with E-state index in [2.05, 4.69) is 16.3 Å². The molecule has 2 aliphatic rings. The number of hydrogen-bond acceptors (Lipinski definition) is 2. The number of nitrogens with zero attached hydrogens (tertiary/aromatic N) is 1. The maximum Gasteiger partial charge on any atom is 0.221 e. The Bertz CT molecular complexity index is 860. The van der Waals surface area contributed by atoms with Crippen LogP contribution in [0.2, 0.25) is 5.02 Å². The van der Waals surface area contributed by atoms with Crippen LogP contribution in [0.3, 0.4) is 0 Å². The Morgan fingerprint density at radius 3 is 2.57 bits per heavy atom. The van der Waals surface area contributed by atoms with Crippen LogP contribution in [-0.2, 0) is 11.2 Å². The van der Waals surface area contributed by atoms with Crippen LogP contribution in [0.25, 0.3) is 0 Å². The van der Waals surface area contributed by atoms with E-state index in [1.54, 1.807) is 12.1 Å². The molecule has 1 aliphatic heterocycles. The molecule has 1 unspecified atom stereocenters. The summed E-state index contributed by atoms with van der Waals surface area (Å²) in [4.78, 5) is 14.0. The molecule has 148 valence electrons. The van der Waals surface area contributed by atoms with Gasteiger partial charge in [0.1, 0.15) is 5.82 Å². The van der Waals surface area contributed by atoms with Gasteiger partial charge in [-0.1, -0.05) is 23.7 Å². The highest BCUT2D eigenvalue weighted by Gasteiger charge is 2.28. The van der Waals surface area contributed by atoms with Crippen molar-refractivity contribution in [1.29, 1.82) is 0 Å². The summed E-state index contributed by atoms with van der Waals surface area (Å²) < 4.78 is 13.1. The fraction of sp³-hybridized carbons (Fsp3) is 0.435. The molecule has 0 spiro atoms. The smallest absolute Gasteiger partial charge is 0.221 e. The number of halogens is 2. The highest BCUT2D eigenvalue weighted by atomic mass is 35.5. The summed E-state index contributed by atoms with van der Waals surface area (Å²) in [6, 6.07) is 11.1. The highest BCUT2D eigenvalue weighted by molar-refractivity contribution is 6.33. The van der Waals surface area contributed by atoms with Gasteiger partial charge in [0.25, 0.3) is 0 Å². The topological polar surface area (TPSA) is 32.3 Å². The molecule has 28 heavy (non-hydrogen) atoms. The van der Waals surface area contributed by atoms with E-state index in [4.69, 9.17) is 11.6 Å². The average molecular weight is 401 g/mol. The van der Waals surface area contributed by atoms with Gasteiger partial charge in [0, 0.05) is 13.5 Å². The normalized spacial score (nSPS) is 20.2. The van der Waals surface area contributed by atoms with Crippen LogP contribution >= 0.6 is 11.6 Å². The standard InChI is InChI=1S/C23H26ClFN2O/c1-15(28)26-23-13-21-18(12-22(23)24)2-3-19(21)14-27-10-8-17(9-11-27)16-4-6-20(25)7-5-16/h4-7,12-13,17,19H,2-3,8-11,14H2,1H3,(H,26,28). The molecule has 3 nitrogen and oxygen atoms in total. The fourth-order valence-electron chi connectivity index (χ4n) is 4.68. The van der Waals surface area contributed by atoms with Crippen LogP contribution in [0.4, 0.5) is 10.1 Å². The number of amides is 1. The van der Waals surface area contributed by atoms with Crippen LogP contribution in [-0.4, -0.2) is 30.4 Å². The predicted molar refractivity (Wildman–Crippen MR) is 112 cm³/mol. The predicted octanol–water partition coefficient (Wildman–Crippen LogP) is 5.35. The lowest BCUT2D eigenvalue weighted by Crippen LogP contribution is -2.35. The molecule has 2 aromatic carbocycles.